The summed E-state index contributed by atoms with van der Waals surface area (Å²) in [7, 11) is 0. The Labute approximate surface area is 138 Å². The fourth-order valence-corrected chi connectivity index (χ4v) is 2.93. The van der Waals surface area contributed by atoms with Crippen molar-refractivity contribution in [2.75, 3.05) is 42.9 Å². The molecular formula is C18H28N4O. The Morgan fingerprint density at radius 3 is 2.57 bits per heavy atom. The van der Waals surface area contributed by atoms with Crippen molar-refractivity contribution in [1.82, 2.24) is 4.90 Å². The van der Waals surface area contributed by atoms with Crippen LogP contribution in [0.5, 0.6) is 0 Å². The predicted molar refractivity (Wildman–Crippen MR) is 94.7 cm³/mol. The molecule has 0 bridgehead atoms. The summed E-state index contributed by atoms with van der Waals surface area (Å²) in [5, 5.41) is 2.90. The zero-order chi connectivity index (χ0) is 16.4. The van der Waals surface area contributed by atoms with Gasteiger partial charge in [0.05, 0.1) is 5.54 Å². The first-order valence-corrected chi connectivity index (χ1v) is 8.59. The lowest BCUT2D eigenvalue weighted by atomic mass is 10.1. The van der Waals surface area contributed by atoms with Gasteiger partial charge in [0.1, 0.15) is 0 Å². The average molecular weight is 316 g/mol. The minimum atomic E-state index is -0.871. The number of nitrogens with zero attached hydrogens (tertiary/aromatic N) is 2. The van der Waals surface area contributed by atoms with E-state index < -0.39 is 5.54 Å². The average Bonchev–Trinajstić information content (AvgIpc) is 3.31. The zero-order valence-corrected chi connectivity index (χ0v) is 14.2. The molecule has 5 heteroatoms. The third-order valence-electron chi connectivity index (χ3n) is 4.64. The van der Waals surface area contributed by atoms with Crippen molar-refractivity contribution in [2.45, 2.75) is 32.2 Å². The van der Waals surface area contributed by atoms with Crippen molar-refractivity contribution in [1.29, 1.82) is 0 Å². The fourth-order valence-electron chi connectivity index (χ4n) is 2.93. The number of piperazine rings is 1. The van der Waals surface area contributed by atoms with Gasteiger partial charge in [-0.25, -0.2) is 0 Å². The highest BCUT2D eigenvalue weighted by atomic mass is 16.2. The Bertz CT molecular complexity index is 554. The summed E-state index contributed by atoms with van der Waals surface area (Å²) in [5.74, 6) is 0.795. The Morgan fingerprint density at radius 1 is 1.26 bits per heavy atom. The lowest BCUT2D eigenvalue weighted by Crippen LogP contribution is -2.47. The van der Waals surface area contributed by atoms with E-state index in [2.05, 4.69) is 21.2 Å². The summed E-state index contributed by atoms with van der Waals surface area (Å²) in [6.07, 6.45) is 2.83. The van der Waals surface area contributed by atoms with Crippen LogP contribution in [0.2, 0.25) is 0 Å². The van der Waals surface area contributed by atoms with Crippen LogP contribution in [0.3, 0.4) is 0 Å². The largest absolute Gasteiger partial charge is 0.369 e. The van der Waals surface area contributed by atoms with Crippen molar-refractivity contribution in [2.24, 2.45) is 11.7 Å². The minimum absolute atomic E-state index is 0.163. The van der Waals surface area contributed by atoms with Crippen molar-refractivity contribution in [3.8, 4) is 0 Å². The first kappa shape index (κ1) is 16.3. The van der Waals surface area contributed by atoms with Gasteiger partial charge in [-0.1, -0.05) is 6.07 Å². The molecule has 1 saturated heterocycles. The van der Waals surface area contributed by atoms with Gasteiger partial charge in [-0.2, -0.15) is 0 Å². The van der Waals surface area contributed by atoms with Crippen molar-refractivity contribution in [3.05, 3.63) is 24.3 Å². The van der Waals surface area contributed by atoms with Crippen molar-refractivity contribution >= 4 is 17.3 Å². The lowest BCUT2D eigenvalue weighted by Gasteiger charge is -2.36. The third-order valence-corrected chi connectivity index (χ3v) is 4.64. The van der Waals surface area contributed by atoms with Gasteiger partial charge in [-0.3, -0.25) is 9.69 Å². The minimum Gasteiger partial charge on any atom is -0.369 e. The van der Waals surface area contributed by atoms with Gasteiger partial charge in [0.2, 0.25) is 5.91 Å². The molecule has 3 N–H and O–H groups in total. The van der Waals surface area contributed by atoms with Crippen LogP contribution in [-0.2, 0) is 4.79 Å². The molecule has 1 aromatic rings. The highest BCUT2D eigenvalue weighted by Crippen LogP contribution is 2.30. The van der Waals surface area contributed by atoms with E-state index in [9.17, 15) is 4.79 Å². The van der Waals surface area contributed by atoms with Gasteiger partial charge in [0.25, 0.3) is 0 Å². The maximum atomic E-state index is 12.0. The van der Waals surface area contributed by atoms with Crippen LogP contribution in [0.1, 0.15) is 26.7 Å². The third kappa shape index (κ3) is 4.45. The molecule has 1 heterocycles. The topological polar surface area (TPSA) is 61.6 Å². The second-order valence-electron chi connectivity index (χ2n) is 7.46. The van der Waals surface area contributed by atoms with Crippen LogP contribution in [0.25, 0.3) is 0 Å². The molecule has 1 saturated carbocycles. The Balaban J connectivity index is 1.58. The number of hydrogen-bond donors (Lipinski definition) is 2. The molecule has 0 unspecified atom stereocenters. The van der Waals surface area contributed by atoms with E-state index in [4.69, 9.17) is 5.73 Å². The SMILES string of the molecule is CC(C)(N)C(=O)Nc1cccc(N2CCN(CC3CC3)CC2)c1. The van der Waals surface area contributed by atoms with E-state index in [-0.39, 0.29) is 5.91 Å². The van der Waals surface area contributed by atoms with Gasteiger partial charge in [-0.05, 0) is 50.8 Å². The van der Waals surface area contributed by atoms with E-state index in [1.54, 1.807) is 13.8 Å². The maximum absolute atomic E-state index is 12.0. The highest BCUT2D eigenvalue weighted by Gasteiger charge is 2.26. The van der Waals surface area contributed by atoms with Gasteiger partial charge in [0, 0.05) is 44.1 Å². The summed E-state index contributed by atoms with van der Waals surface area (Å²) in [6, 6.07) is 8.06. The molecule has 5 nitrogen and oxygen atoms in total. The standard InChI is InChI=1S/C18H28N4O/c1-18(2,19)17(23)20-15-4-3-5-16(12-15)22-10-8-21(9-11-22)13-14-6-7-14/h3-5,12,14H,6-11,13,19H2,1-2H3,(H,20,23). The van der Waals surface area contributed by atoms with E-state index in [0.717, 1.165) is 37.8 Å². The predicted octanol–water partition coefficient (Wildman–Crippen LogP) is 1.89. The maximum Gasteiger partial charge on any atom is 0.243 e. The fraction of sp³-hybridized carbons (Fsp3) is 0.611. The van der Waals surface area contributed by atoms with Crippen LogP contribution in [0.4, 0.5) is 11.4 Å². The lowest BCUT2D eigenvalue weighted by molar-refractivity contribution is -0.120. The molecule has 2 aliphatic rings. The molecule has 0 atom stereocenters. The number of rotatable bonds is 5. The molecular weight excluding hydrogens is 288 g/mol. The van der Waals surface area contributed by atoms with Crippen LogP contribution in [0, 0.1) is 5.92 Å². The molecule has 1 aliphatic carbocycles. The van der Waals surface area contributed by atoms with Crippen molar-refractivity contribution in [3.63, 3.8) is 0 Å². The van der Waals surface area contributed by atoms with Gasteiger partial charge in [-0.15, -0.1) is 0 Å². The number of anilines is 2. The first-order chi connectivity index (χ1) is 10.9. The summed E-state index contributed by atoms with van der Waals surface area (Å²) in [6.45, 7) is 9.05. The van der Waals surface area contributed by atoms with E-state index in [1.165, 1.54) is 25.1 Å². The monoisotopic (exact) mass is 316 g/mol. The van der Waals surface area contributed by atoms with Gasteiger partial charge in [0.15, 0.2) is 0 Å². The molecule has 2 fully saturated rings. The molecule has 23 heavy (non-hydrogen) atoms. The molecule has 1 aromatic carbocycles. The molecule has 0 aromatic heterocycles. The summed E-state index contributed by atoms with van der Waals surface area (Å²) in [4.78, 5) is 17.0. The van der Waals surface area contributed by atoms with Crippen LogP contribution in [0.15, 0.2) is 24.3 Å². The first-order valence-electron chi connectivity index (χ1n) is 8.59. The number of hydrogen-bond acceptors (Lipinski definition) is 4. The van der Waals surface area contributed by atoms with Gasteiger partial charge >= 0.3 is 0 Å². The normalized spacial score (nSPS) is 19.7. The number of amides is 1. The second-order valence-corrected chi connectivity index (χ2v) is 7.46. The molecule has 3 rings (SSSR count). The Morgan fingerprint density at radius 2 is 1.96 bits per heavy atom. The van der Waals surface area contributed by atoms with Crippen molar-refractivity contribution < 1.29 is 4.79 Å². The summed E-state index contributed by atoms with van der Waals surface area (Å²) < 4.78 is 0. The van der Waals surface area contributed by atoms with Gasteiger partial charge < -0.3 is 16.0 Å². The molecule has 0 spiro atoms. The van der Waals surface area contributed by atoms with Crippen LogP contribution >= 0.6 is 0 Å². The van der Waals surface area contributed by atoms with Crippen LogP contribution in [-0.4, -0.2) is 49.1 Å². The summed E-state index contributed by atoms with van der Waals surface area (Å²) >= 11 is 0. The van der Waals surface area contributed by atoms with E-state index in [1.807, 2.05) is 18.2 Å². The molecule has 1 aliphatic heterocycles. The number of benzene rings is 1. The molecule has 0 radical (unpaired) electrons. The number of carbonyl (C=O) groups excluding carboxylic acids is 1. The molecule has 126 valence electrons. The second kappa shape index (κ2) is 6.49. The Kier molecular flexibility index (Phi) is 4.60. The smallest absolute Gasteiger partial charge is 0.243 e. The zero-order valence-electron chi connectivity index (χ0n) is 14.2. The Hall–Kier alpha value is -1.59. The van der Waals surface area contributed by atoms with Crippen LogP contribution < -0.4 is 16.0 Å². The van der Waals surface area contributed by atoms with E-state index >= 15 is 0 Å². The number of carbonyl (C=O) groups is 1. The highest BCUT2D eigenvalue weighted by molar-refractivity contribution is 5.97. The number of nitrogens with one attached hydrogen (secondary N) is 1. The molecule has 1 amide bonds. The summed E-state index contributed by atoms with van der Waals surface area (Å²) in [5.41, 5.74) is 6.95. The quantitative estimate of drug-likeness (QED) is 0.871. The number of nitrogens with two attached hydrogens (primary N) is 1. The van der Waals surface area contributed by atoms with E-state index in [0.29, 0.717) is 0 Å².